The number of nitrogens with zero attached hydrogens (tertiary/aromatic N) is 2. The summed E-state index contributed by atoms with van der Waals surface area (Å²) in [6, 6.07) is 107. The monoisotopic (exact) mass is 972 g/mol. The van der Waals surface area contributed by atoms with E-state index in [1.165, 1.54) is 85.9 Å². The number of para-hydroxylation sites is 1. The molecular weight excluding hydrogens is 925 g/mol. The summed E-state index contributed by atoms with van der Waals surface area (Å²) < 4.78 is 2.62. The van der Waals surface area contributed by atoms with Gasteiger partial charge in [-0.05, 0) is 139 Å². The van der Waals surface area contributed by atoms with Crippen molar-refractivity contribution in [3.63, 3.8) is 0 Å². The molecule has 0 aliphatic carbocycles. The first-order valence-corrected chi connectivity index (χ1v) is 26.5. The molecule has 0 fully saturated rings. The Morgan fingerprint density at radius 3 is 1.43 bits per heavy atom. The standard InChI is InChI=1S/C72H48N2S/c1-2-15-49(16-3-1)52-29-31-53(32-30-52)54-33-38-59(39-34-54)73(61-40-35-50-17-4-6-19-55(50)45-61)60-22-14-21-57(47-60)64-23-10-12-27-69(64)74(62-41-36-51-18-5-7-20-56(51)46-62)70-44-43-63(65-24-8-9-25-66(65)70)58-37-42-68-67-26-11-13-28-71(67)75-72(68)48-58/h1-48H. The summed E-state index contributed by atoms with van der Waals surface area (Å²) in [5, 5.41) is 9.83. The maximum Gasteiger partial charge on any atom is 0.0540 e. The van der Waals surface area contributed by atoms with Crippen molar-refractivity contribution in [3.05, 3.63) is 291 Å². The summed E-state index contributed by atoms with van der Waals surface area (Å²) >= 11 is 1.87. The molecular formula is C72H48N2S. The number of fused-ring (bicyclic) bond motifs is 6. The number of rotatable bonds is 10. The summed E-state index contributed by atoms with van der Waals surface area (Å²) in [5.74, 6) is 0. The van der Waals surface area contributed by atoms with Crippen molar-refractivity contribution in [1.29, 1.82) is 0 Å². The molecule has 0 spiro atoms. The van der Waals surface area contributed by atoms with Gasteiger partial charge < -0.3 is 9.80 Å². The van der Waals surface area contributed by atoms with Gasteiger partial charge in [0.25, 0.3) is 0 Å². The molecule has 0 saturated carbocycles. The molecule has 1 aromatic heterocycles. The first-order valence-electron chi connectivity index (χ1n) is 25.6. The van der Waals surface area contributed by atoms with Crippen LogP contribution in [-0.4, -0.2) is 0 Å². The predicted molar refractivity (Wildman–Crippen MR) is 323 cm³/mol. The molecule has 352 valence electrons. The van der Waals surface area contributed by atoms with Gasteiger partial charge in [0.15, 0.2) is 0 Å². The Kier molecular flexibility index (Phi) is 11.1. The van der Waals surface area contributed by atoms with E-state index in [1.807, 2.05) is 11.3 Å². The van der Waals surface area contributed by atoms with Gasteiger partial charge in [-0.15, -0.1) is 11.3 Å². The topological polar surface area (TPSA) is 6.48 Å². The molecule has 2 nitrogen and oxygen atoms in total. The van der Waals surface area contributed by atoms with E-state index in [4.69, 9.17) is 0 Å². The Balaban J connectivity index is 0.897. The average molecular weight is 973 g/mol. The summed E-state index contributed by atoms with van der Waals surface area (Å²) in [6.45, 7) is 0. The van der Waals surface area contributed by atoms with Gasteiger partial charge in [-0.2, -0.15) is 0 Å². The fraction of sp³-hybridized carbons (Fsp3) is 0. The number of thiophene rings is 1. The van der Waals surface area contributed by atoms with Crippen molar-refractivity contribution in [2.45, 2.75) is 0 Å². The lowest BCUT2D eigenvalue weighted by atomic mass is 9.95. The van der Waals surface area contributed by atoms with E-state index in [9.17, 15) is 0 Å². The van der Waals surface area contributed by atoms with Crippen LogP contribution in [0.1, 0.15) is 0 Å². The lowest BCUT2D eigenvalue weighted by molar-refractivity contribution is 1.28. The molecule has 0 aliphatic rings. The summed E-state index contributed by atoms with van der Waals surface area (Å²) in [7, 11) is 0. The summed E-state index contributed by atoms with van der Waals surface area (Å²) in [6.07, 6.45) is 0. The molecule has 13 aromatic carbocycles. The molecule has 0 radical (unpaired) electrons. The third-order valence-corrected chi connectivity index (χ3v) is 16.0. The quantitative estimate of drug-likeness (QED) is 0.135. The predicted octanol–water partition coefficient (Wildman–Crippen LogP) is 21.1. The minimum Gasteiger partial charge on any atom is -0.310 e. The highest BCUT2D eigenvalue weighted by atomic mass is 32.1. The molecule has 0 unspecified atom stereocenters. The Morgan fingerprint density at radius 1 is 0.213 bits per heavy atom. The van der Waals surface area contributed by atoms with Crippen LogP contribution in [0.2, 0.25) is 0 Å². The summed E-state index contributed by atoms with van der Waals surface area (Å²) in [4.78, 5) is 4.87. The van der Waals surface area contributed by atoms with Crippen molar-refractivity contribution >= 4 is 98.0 Å². The van der Waals surface area contributed by atoms with Gasteiger partial charge in [-0.25, -0.2) is 0 Å². The van der Waals surface area contributed by atoms with Gasteiger partial charge in [0, 0.05) is 53.9 Å². The Hall–Kier alpha value is -9.54. The Morgan fingerprint density at radius 2 is 0.707 bits per heavy atom. The number of anilines is 6. The van der Waals surface area contributed by atoms with Crippen molar-refractivity contribution in [2.75, 3.05) is 9.80 Å². The van der Waals surface area contributed by atoms with E-state index in [1.54, 1.807) is 0 Å². The molecule has 14 rings (SSSR count). The maximum absolute atomic E-state index is 2.47. The second-order valence-electron chi connectivity index (χ2n) is 19.3. The van der Waals surface area contributed by atoms with Crippen LogP contribution in [0, 0.1) is 0 Å². The van der Waals surface area contributed by atoms with Crippen molar-refractivity contribution in [1.82, 2.24) is 0 Å². The Bertz CT molecular complexity index is 4420. The van der Waals surface area contributed by atoms with Crippen molar-refractivity contribution < 1.29 is 0 Å². The lowest BCUT2D eigenvalue weighted by Gasteiger charge is -2.30. The number of hydrogen-bond donors (Lipinski definition) is 0. The van der Waals surface area contributed by atoms with Crippen LogP contribution in [0.3, 0.4) is 0 Å². The molecule has 75 heavy (non-hydrogen) atoms. The molecule has 0 amide bonds. The van der Waals surface area contributed by atoms with Gasteiger partial charge in [0.1, 0.15) is 0 Å². The highest BCUT2D eigenvalue weighted by Crippen LogP contribution is 2.48. The average Bonchev–Trinajstić information content (AvgIpc) is 3.86. The van der Waals surface area contributed by atoms with Crippen LogP contribution < -0.4 is 9.80 Å². The first kappa shape index (κ1) is 44.2. The third-order valence-electron chi connectivity index (χ3n) is 14.8. The van der Waals surface area contributed by atoms with E-state index in [-0.39, 0.29) is 0 Å². The number of benzene rings is 13. The molecule has 0 atom stereocenters. The van der Waals surface area contributed by atoms with E-state index < -0.39 is 0 Å². The van der Waals surface area contributed by atoms with Crippen LogP contribution in [0.15, 0.2) is 291 Å². The zero-order valence-electron chi connectivity index (χ0n) is 41.0. The van der Waals surface area contributed by atoms with E-state index in [0.717, 1.165) is 45.3 Å². The molecule has 14 aromatic rings. The molecule has 0 aliphatic heterocycles. The van der Waals surface area contributed by atoms with Gasteiger partial charge in [0.05, 0.1) is 11.4 Å². The molecule has 0 N–H and O–H groups in total. The van der Waals surface area contributed by atoms with Gasteiger partial charge >= 0.3 is 0 Å². The minimum atomic E-state index is 1.07. The molecule has 0 bridgehead atoms. The van der Waals surface area contributed by atoms with E-state index in [0.29, 0.717) is 0 Å². The van der Waals surface area contributed by atoms with Crippen molar-refractivity contribution in [2.24, 2.45) is 0 Å². The highest BCUT2D eigenvalue weighted by Gasteiger charge is 2.22. The van der Waals surface area contributed by atoms with Gasteiger partial charge in [0.2, 0.25) is 0 Å². The zero-order chi connectivity index (χ0) is 49.7. The minimum absolute atomic E-state index is 1.07. The maximum atomic E-state index is 2.47. The largest absolute Gasteiger partial charge is 0.310 e. The number of hydrogen-bond acceptors (Lipinski definition) is 3. The first-order chi connectivity index (χ1) is 37.2. The second-order valence-corrected chi connectivity index (χ2v) is 20.4. The second kappa shape index (κ2) is 18.8. The van der Waals surface area contributed by atoms with E-state index in [2.05, 4.69) is 301 Å². The summed E-state index contributed by atoms with van der Waals surface area (Å²) in [5.41, 5.74) is 16.0. The SMILES string of the molecule is c1ccc(-c2ccc(-c3ccc(N(c4cccc(-c5ccccc5N(c5ccc6ccccc6c5)c5ccc(-c6ccc7c(c6)sc6ccccc67)c6ccccc56)c4)c4ccc5ccccc5c4)cc3)cc2)cc1. The normalized spacial score (nSPS) is 11.5. The Labute approximate surface area is 440 Å². The van der Waals surface area contributed by atoms with Crippen LogP contribution in [-0.2, 0) is 0 Å². The molecule has 0 saturated heterocycles. The fourth-order valence-electron chi connectivity index (χ4n) is 11.1. The van der Waals surface area contributed by atoms with Crippen LogP contribution in [0.25, 0.3) is 97.0 Å². The molecule has 3 heteroatoms. The highest BCUT2D eigenvalue weighted by molar-refractivity contribution is 7.25. The van der Waals surface area contributed by atoms with E-state index >= 15 is 0 Å². The van der Waals surface area contributed by atoms with Crippen LogP contribution in [0.4, 0.5) is 34.1 Å². The van der Waals surface area contributed by atoms with Crippen molar-refractivity contribution in [3.8, 4) is 44.5 Å². The third kappa shape index (κ3) is 8.17. The lowest BCUT2D eigenvalue weighted by Crippen LogP contribution is -2.12. The molecule has 1 heterocycles. The fourth-order valence-corrected chi connectivity index (χ4v) is 12.3. The smallest absolute Gasteiger partial charge is 0.0540 e. The zero-order valence-corrected chi connectivity index (χ0v) is 41.8. The van der Waals surface area contributed by atoms with Crippen LogP contribution in [0.5, 0.6) is 0 Å². The van der Waals surface area contributed by atoms with Gasteiger partial charge in [-0.3, -0.25) is 0 Å². The van der Waals surface area contributed by atoms with Gasteiger partial charge in [-0.1, -0.05) is 218 Å². The van der Waals surface area contributed by atoms with Crippen LogP contribution >= 0.6 is 11.3 Å².